The summed E-state index contributed by atoms with van der Waals surface area (Å²) >= 11 is 0. The van der Waals surface area contributed by atoms with Crippen LogP contribution in [0.5, 0.6) is 0 Å². The van der Waals surface area contributed by atoms with Crippen molar-refractivity contribution in [3.05, 3.63) is 11.8 Å². The molecule has 3 nitrogen and oxygen atoms in total. The van der Waals surface area contributed by atoms with Crippen LogP contribution in [0.4, 0.5) is 0 Å². The number of ether oxygens (including phenoxy) is 1. The Hall–Kier alpha value is -0.830. The second-order valence-electron chi connectivity index (χ2n) is 2.88. The summed E-state index contributed by atoms with van der Waals surface area (Å²) in [4.78, 5) is 11.0. The van der Waals surface area contributed by atoms with Crippen LogP contribution in [0.2, 0.25) is 0 Å². The number of ketones is 1. The second-order valence-corrected chi connectivity index (χ2v) is 2.88. The molecule has 1 rings (SSSR count). The van der Waals surface area contributed by atoms with E-state index in [1.54, 1.807) is 13.8 Å². The smallest absolute Gasteiger partial charge is 0.188 e. The van der Waals surface area contributed by atoms with Crippen LogP contribution in [0.15, 0.2) is 11.8 Å². The van der Waals surface area contributed by atoms with Crippen molar-refractivity contribution in [1.82, 2.24) is 0 Å². The van der Waals surface area contributed by atoms with Crippen LogP contribution in [-0.2, 0) is 9.53 Å². The van der Waals surface area contributed by atoms with Crippen molar-refractivity contribution < 1.29 is 9.53 Å². The monoisotopic (exact) mass is 141 g/mol. The third-order valence-corrected chi connectivity index (χ3v) is 1.51. The van der Waals surface area contributed by atoms with Crippen molar-refractivity contribution in [1.29, 1.82) is 0 Å². The third-order valence-electron chi connectivity index (χ3n) is 1.51. The summed E-state index contributed by atoms with van der Waals surface area (Å²) in [5, 5.41) is 0. The Morgan fingerprint density at radius 3 is 2.70 bits per heavy atom. The second kappa shape index (κ2) is 2.09. The molecule has 0 unspecified atom stereocenters. The third kappa shape index (κ3) is 1.19. The minimum Gasteiger partial charge on any atom is -0.400 e. The summed E-state index contributed by atoms with van der Waals surface area (Å²) in [6.45, 7) is 3.83. The predicted octanol–water partition coefficient (Wildman–Crippen LogP) is 0.207. The van der Waals surface area contributed by atoms with Gasteiger partial charge in [-0.2, -0.15) is 0 Å². The fourth-order valence-electron chi connectivity index (χ4n) is 0.719. The van der Waals surface area contributed by atoms with E-state index in [2.05, 4.69) is 0 Å². The standard InChI is InChI=1S/C7H11NO2/c1-7(2)6(9)3-5(8)4-10-7/h3H,4,8H2,1-2H3. The molecule has 1 aliphatic rings. The molecule has 0 amide bonds. The molecule has 0 aromatic heterocycles. The molecule has 0 atom stereocenters. The predicted molar refractivity (Wildman–Crippen MR) is 37.3 cm³/mol. The first-order chi connectivity index (χ1) is 4.52. The number of hydrogen-bond acceptors (Lipinski definition) is 3. The molecule has 1 heterocycles. The van der Waals surface area contributed by atoms with Gasteiger partial charge in [-0.25, -0.2) is 0 Å². The molecule has 3 heteroatoms. The highest BCUT2D eigenvalue weighted by atomic mass is 16.5. The van der Waals surface area contributed by atoms with Gasteiger partial charge in [0.05, 0.1) is 6.61 Å². The fourth-order valence-corrected chi connectivity index (χ4v) is 0.719. The van der Waals surface area contributed by atoms with E-state index < -0.39 is 5.60 Å². The Morgan fingerprint density at radius 1 is 1.70 bits per heavy atom. The molecule has 0 aliphatic carbocycles. The van der Waals surface area contributed by atoms with E-state index in [9.17, 15) is 4.79 Å². The molecule has 0 bridgehead atoms. The zero-order valence-electron chi connectivity index (χ0n) is 6.18. The quantitative estimate of drug-likeness (QED) is 0.524. The van der Waals surface area contributed by atoms with Gasteiger partial charge in [0.2, 0.25) is 0 Å². The molecule has 0 spiro atoms. The molecular formula is C7H11NO2. The molecule has 0 saturated carbocycles. The number of carbonyl (C=O) groups excluding carboxylic acids is 1. The lowest BCUT2D eigenvalue weighted by molar-refractivity contribution is -0.136. The van der Waals surface area contributed by atoms with Gasteiger partial charge in [0, 0.05) is 11.8 Å². The largest absolute Gasteiger partial charge is 0.400 e. The van der Waals surface area contributed by atoms with Gasteiger partial charge in [0.1, 0.15) is 5.60 Å². The summed E-state index contributed by atoms with van der Waals surface area (Å²) < 4.78 is 5.15. The van der Waals surface area contributed by atoms with Crippen molar-refractivity contribution in [2.75, 3.05) is 6.61 Å². The zero-order chi connectivity index (χ0) is 7.78. The average molecular weight is 141 g/mol. The molecule has 1 aliphatic heterocycles. The molecule has 0 saturated heterocycles. The van der Waals surface area contributed by atoms with Crippen molar-refractivity contribution in [2.24, 2.45) is 5.73 Å². The molecule has 56 valence electrons. The van der Waals surface area contributed by atoms with Crippen LogP contribution in [0, 0.1) is 0 Å². The maximum absolute atomic E-state index is 11.0. The van der Waals surface area contributed by atoms with Crippen molar-refractivity contribution in [2.45, 2.75) is 19.4 Å². The van der Waals surface area contributed by atoms with Crippen LogP contribution < -0.4 is 5.73 Å². The van der Waals surface area contributed by atoms with E-state index >= 15 is 0 Å². The van der Waals surface area contributed by atoms with Gasteiger partial charge in [-0.3, -0.25) is 4.79 Å². The van der Waals surface area contributed by atoms with E-state index in [-0.39, 0.29) is 5.78 Å². The number of hydrogen-bond donors (Lipinski definition) is 1. The fraction of sp³-hybridized carbons (Fsp3) is 0.571. The SMILES string of the molecule is CC1(C)OCC(N)=CC1=O. The average Bonchev–Trinajstić information content (AvgIpc) is 1.81. The maximum Gasteiger partial charge on any atom is 0.188 e. The lowest BCUT2D eigenvalue weighted by atomic mass is 10.0. The number of carbonyl (C=O) groups is 1. The van der Waals surface area contributed by atoms with E-state index in [0.717, 1.165) is 0 Å². The van der Waals surface area contributed by atoms with Crippen LogP contribution in [0.25, 0.3) is 0 Å². The summed E-state index contributed by atoms with van der Waals surface area (Å²) in [5.41, 5.74) is 5.19. The van der Waals surface area contributed by atoms with Crippen LogP contribution in [0.3, 0.4) is 0 Å². The Kier molecular flexibility index (Phi) is 1.52. The van der Waals surface area contributed by atoms with E-state index in [0.29, 0.717) is 12.3 Å². The number of nitrogens with two attached hydrogens (primary N) is 1. The highest BCUT2D eigenvalue weighted by Crippen LogP contribution is 2.16. The summed E-state index contributed by atoms with van der Waals surface area (Å²) in [7, 11) is 0. The molecule has 0 aromatic carbocycles. The normalized spacial score (nSPS) is 24.2. The van der Waals surface area contributed by atoms with Crippen LogP contribution >= 0.6 is 0 Å². The van der Waals surface area contributed by atoms with E-state index in [1.807, 2.05) is 0 Å². The summed E-state index contributed by atoms with van der Waals surface area (Å²) in [6, 6.07) is 0. The van der Waals surface area contributed by atoms with Gasteiger partial charge in [-0.1, -0.05) is 0 Å². The molecular weight excluding hydrogens is 130 g/mol. The minimum absolute atomic E-state index is 0.0590. The molecule has 0 radical (unpaired) electrons. The topological polar surface area (TPSA) is 52.3 Å². The van der Waals surface area contributed by atoms with Gasteiger partial charge in [0.25, 0.3) is 0 Å². The minimum atomic E-state index is -0.678. The van der Waals surface area contributed by atoms with Gasteiger partial charge >= 0.3 is 0 Å². The first kappa shape index (κ1) is 7.28. The van der Waals surface area contributed by atoms with Crippen molar-refractivity contribution in [3.63, 3.8) is 0 Å². The first-order valence-corrected chi connectivity index (χ1v) is 3.17. The van der Waals surface area contributed by atoms with Gasteiger partial charge < -0.3 is 10.5 Å². The molecule has 0 aromatic rings. The van der Waals surface area contributed by atoms with Crippen LogP contribution in [-0.4, -0.2) is 18.0 Å². The van der Waals surface area contributed by atoms with Gasteiger partial charge in [-0.05, 0) is 13.8 Å². The van der Waals surface area contributed by atoms with Crippen molar-refractivity contribution in [3.8, 4) is 0 Å². The maximum atomic E-state index is 11.0. The van der Waals surface area contributed by atoms with E-state index in [4.69, 9.17) is 10.5 Å². The molecule has 0 fully saturated rings. The Balaban J connectivity index is 2.84. The Bertz CT molecular complexity index is 194. The zero-order valence-corrected chi connectivity index (χ0v) is 6.18. The highest BCUT2D eigenvalue weighted by molar-refractivity contribution is 5.97. The van der Waals surface area contributed by atoms with Crippen LogP contribution in [0.1, 0.15) is 13.8 Å². The molecule has 2 N–H and O–H groups in total. The van der Waals surface area contributed by atoms with Gasteiger partial charge in [-0.15, -0.1) is 0 Å². The lowest BCUT2D eigenvalue weighted by Gasteiger charge is -2.26. The Labute approximate surface area is 59.8 Å². The van der Waals surface area contributed by atoms with Gasteiger partial charge in [0.15, 0.2) is 5.78 Å². The summed E-state index contributed by atoms with van der Waals surface area (Å²) in [6.07, 6.45) is 1.43. The Morgan fingerprint density at radius 2 is 2.30 bits per heavy atom. The number of rotatable bonds is 0. The van der Waals surface area contributed by atoms with Crippen molar-refractivity contribution >= 4 is 5.78 Å². The lowest BCUT2D eigenvalue weighted by Crippen LogP contribution is -2.39. The highest BCUT2D eigenvalue weighted by Gasteiger charge is 2.29. The molecule has 10 heavy (non-hydrogen) atoms. The first-order valence-electron chi connectivity index (χ1n) is 3.17. The van der Waals surface area contributed by atoms with E-state index in [1.165, 1.54) is 6.08 Å². The summed E-state index contributed by atoms with van der Waals surface area (Å²) in [5.74, 6) is -0.0590.